The van der Waals surface area contributed by atoms with Gasteiger partial charge in [-0.05, 0) is 48.9 Å². The van der Waals surface area contributed by atoms with Gasteiger partial charge in [0, 0.05) is 27.9 Å². The lowest BCUT2D eigenvalue weighted by Crippen LogP contribution is -1.94. The summed E-state index contributed by atoms with van der Waals surface area (Å²) in [5, 5.41) is 15.9. The van der Waals surface area contributed by atoms with Crippen LogP contribution in [0.5, 0.6) is 5.75 Å². The van der Waals surface area contributed by atoms with Gasteiger partial charge in [-0.2, -0.15) is 5.26 Å². The topological polar surface area (TPSA) is 57.9 Å². The van der Waals surface area contributed by atoms with E-state index < -0.39 is 0 Å². The summed E-state index contributed by atoms with van der Waals surface area (Å²) in [5.74, 6) is 0.794. The third kappa shape index (κ3) is 3.88. The van der Waals surface area contributed by atoms with Crippen molar-refractivity contribution in [3.05, 3.63) is 69.6 Å². The fraction of sp³-hybridized carbons (Fsp3) is 0.100. The maximum atomic E-state index is 9.50. The van der Waals surface area contributed by atoms with Crippen molar-refractivity contribution in [2.75, 3.05) is 12.4 Å². The molecule has 1 N–H and O–H groups in total. The summed E-state index contributed by atoms with van der Waals surface area (Å²) in [4.78, 5) is 4.58. The molecule has 2 aromatic carbocycles. The molecule has 4 nitrogen and oxygen atoms in total. The van der Waals surface area contributed by atoms with Crippen molar-refractivity contribution in [1.29, 1.82) is 5.26 Å². The summed E-state index contributed by atoms with van der Waals surface area (Å²) in [5.41, 5.74) is 4.06. The van der Waals surface area contributed by atoms with E-state index in [0.717, 1.165) is 28.3 Å². The second-order valence-electron chi connectivity index (χ2n) is 5.49. The molecular weight excluding hydrogens is 366 g/mol. The Morgan fingerprint density at radius 2 is 2.04 bits per heavy atom. The minimum Gasteiger partial charge on any atom is -0.497 e. The quantitative estimate of drug-likeness (QED) is 0.571. The summed E-state index contributed by atoms with van der Waals surface area (Å²) in [6.07, 6.45) is 1.66. The number of methoxy groups -OCH3 is 1. The maximum Gasteiger partial charge on any atom is 0.136 e. The fourth-order valence-electron chi connectivity index (χ4n) is 2.35. The Hall–Kier alpha value is -2.81. The molecule has 0 aliphatic heterocycles. The van der Waals surface area contributed by atoms with Gasteiger partial charge in [-0.25, -0.2) is 4.98 Å². The predicted molar refractivity (Wildman–Crippen MR) is 108 cm³/mol. The molecule has 6 heteroatoms. The second kappa shape index (κ2) is 8.05. The van der Waals surface area contributed by atoms with E-state index in [-0.39, 0.29) is 0 Å². The number of benzene rings is 2. The Morgan fingerprint density at radius 3 is 2.73 bits per heavy atom. The average Bonchev–Trinajstić information content (AvgIpc) is 3.15. The van der Waals surface area contributed by atoms with Gasteiger partial charge >= 0.3 is 0 Å². The second-order valence-corrected chi connectivity index (χ2v) is 6.76. The molecule has 130 valence electrons. The van der Waals surface area contributed by atoms with Crippen LogP contribution >= 0.6 is 22.9 Å². The van der Waals surface area contributed by atoms with Crippen molar-refractivity contribution in [3.8, 4) is 23.1 Å². The first-order valence-electron chi connectivity index (χ1n) is 7.84. The Kier molecular flexibility index (Phi) is 5.57. The lowest BCUT2D eigenvalue weighted by atomic mass is 10.2. The van der Waals surface area contributed by atoms with Gasteiger partial charge in [0.05, 0.1) is 12.8 Å². The number of hydrogen-bond donors (Lipinski definition) is 1. The molecule has 0 radical (unpaired) electrons. The van der Waals surface area contributed by atoms with E-state index >= 15 is 0 Å². The highest BCUT2D eigenvalue weighted by Gasteiger charge is 2.09. The first kappa shape index (κ1) is 18.0. The SMILES string of the molecule is COc1ccc(-c2csc(/C(C#N)=C\Nc3cccc(Cl)c3C)n2)cc1. The number of anilines is 1. The number of halogens is 1. The molecule has 0 aliphatic rings. The molecule has 26 heavy (non-hydrogen) atoms. The minimum atomic E-state index is 0.467. The highest BCUT2D eigenvalue weighted by atomic mass is 35.5. The van der Waals surface area contributed by atoms with Crippen LogP contribution in [0, 0.1) is 18.3 Å². The molecule has 0 amide bonds. The van der Waals surface area contributed by atoms with E-state index in [1.165, 1.54) is 11.3 Å². The Labute approximate surface area is 161 Å². The van der Waals surface area contributed by atoms with Crippen molar-refractivity contribution >= 4 is 34.2 Å². The van der Waals surface area contributed by atoms with Crippen LogP contribution in [-0.2, 0) is 0 Å². The molecule has 3 aromatic rings. The van der Waals surface area contributed by atoms with Gasteiger partial charge in [-0.15, -0.1) is 11.3 Å². The summed E-state index contributed by atoms with van der Waals surface area (Å²) >= 11 is 7.56. The molecule has 1 aromatic heterocycles. The van der Waals surface area contributed by atoms with Gasteiger partial charge in [0.1, 0.15) is 22.4 Å². The number of aromatic nitrogens is 1. The number of rotatable bonds is 5. The molecule has 0 saturated carbocycles. The van der Waals surface area contributed by atoms with Crippen LogP contribution < -0.4 is 10.1 Å². The van der Waals surface area contributed by atoms with Gasteiger partial charge in [0.25, 0.3) is 0 Å². The molecular formula is C20H16ClN3OS. The molecule has 0 fully saturated rings. The van der Waals surface area contributed by atoms with Crippen molar-refractivity contribution in [1.82, 2.24) is 4.98 Å². The van der Waals surface area contributed by atoms with Crippen LogP contribution in [0.15, 0.2) is 54.0 Å². The van der Waals surface area contributed by atoms with Crippen LogP contribution in [-0.4, -0.2) is 12.1 Å². The lowest BCUT2D eigenvalue weighted by Gasteiger charge is -2.07. The summed E-state index contributed by atoms with van der Waals surface area (Å²) in [6.45, 7) is 1.93. The largest absolute Gasteiger partial charge is 0.497 e. The van der Waals surface area contributed by atoms with Crippen LogP contribution in [0.1, 0.15) is 10.6 Å². The molecule has 0 unspecified atom stereocenters. The number of thiazole rings is 1. The van der Waals surface area contributed by atoms with Crippen molar-refractivity contribution in [3.63, 3.8) is 0 Å². The van der Waals surface area contributed by atoms with E-state index in [1.807, 2.05) is 54.8 Å². The molecule has 1 heterocycles. The zero-order valence-corrected chi connectivity index (χ0v) is 15.9. The Balaban J connectivity index is 1.83. The average molecular weight is 382 g/mol. The number of nitrogens with one attached hydrogen (secondary N) is 1. The van der Waals surface area contributed by atoms with Gasteiger partial charge in [-0.1, -0.05) is 17.7 Å². The molecule has 3 rings (SSSR count). The first-order chi connectivity index (χ1) is 12.6. The zero-order valence-electron chi connectivity index (χ0n) is 14.3. The molecule has 0 atom stereocenters. The van der Waals surface area contributed by atoms with E-state index in [0.29, 0.717) is 15.6 Å². The molecule has 0 bridgehead atoms. The third-order valence-electron chi connectivity index (χ3n) is 3.88. The van der Waals surface area contributed by atoms with E-state index in [1.54, 1.807) is 13.3 Å². The summed E-state index contributed by atoms with van der Waals surface area (Å²) in [6, 6.07) is 15.5. The smallest absolute Gasteiger partial charge is 0.136 e. The standard InChI is InChI=1S/C20H16ClN3OS/c1-13-17(21)4-3-5-18(13)23-11-15(10-22)20-24-19(12-26-20)14-6-8-16(25-2)9-7-14/h3-9,11-12,23H,1-2H3/b15-11-. The van der Waals surface area contributed by atoms with Crippen molar-refractivity contribution < 1.29 is 4.74 Å². The molecule has 0 spiro atoms. The number of nitriles is 1. The predicted octanol–water partition coefficient (Wildman–Crippen LogP) is 5.76. The van der Waals surface area contributed by atoms with Gasteiger partial charge < -0.3 is 10.1 Å². The molecule has 0 aliphatic carbocycles. The first-order valence-corrected chi connectivity index (χ1v) is 9.10. The number of nitrogens with zero attached hydrogens (tertiary/aromatic N) is 2. The van der Waals surface area contributed by atoms with Crippen LogP contribution in [0.3, 0.4) is 0 Å². The van der Waals surface area contributed by atoms with E-state index in [9.17, 15) is 5.26 Å². The third-order valence-corrected chi connectivity index (χ3v) is 5.17. The maximum absolute atomic E-state index is 9.50. The normalized spacial score (nSPS) is 11.1. The van der Waals surface area contributed by atoms with Crippen LogP contribution in [0.2, 0.25) is 5.02 Å². The van der Waals surface area contributed by atoms with Crippen LogP contribution in [0.4, 0.5) is 5.69 Å². The summed E-state index contributed by atoms with van der Waals surface area (Å²) < 4.78 is 5.17. The Bertz CT molecular complexity index is 987. The summed E-state index contributed by atoms with van der Waals surface area (Å²) in [7, 11) is 1.63. The van der Waals surface area contributed by atoms with E-state index in [2.05, 4.69) is 16.4 Å². The lowest BCUT2D eigenvalue weighted by molar-refractivity contribution is 0.415. The highest BCUT2D eigenvalue weighted by molar-refractivity contribution is 7.11. The van der Waals surface area contributed by atoms with Crippen molar-refractivity contribution in [2.24, 2.45) is 0 Å². The monoisotopic (exact) mass is 381 g/mol. The van der Waals surface area contributed by atoms with Crippen LogP contribution in [0.25, 0.3) is 16.8 Å². The number of hydrogen-bond acceptors (Lipinski definition) is 5. The van der Waals surface area contributed by atoms with Crippen molar-refractivity contribution in [2.45, 2.75) is 6.92 Å². The highest BCUT2D eigenvalue weighted by Crippen LogP contribution is 2.28. The zero-order chi connectivity index (χ0) is 18.5. The Morgan fingerprint density at radius 1 is 1.27 bits per heavy atom. The number of ether oxygens (including phenoxy) is 1. The number of allylic oxidation sites excluding steroid dienone is 1. The van der Waals surface area contributed by atoms with E-state index in [4.69, 9.17) is 16.3 Å². The fourth-order valence-corrected chi connectivity index (χ4v) is 3.32. The van der Waals surface area contributed by atoms with Gasteiger partial charge in [0.2, 0.25) is 0 Å². The van der Waals surface area contributed by atoms with Gasteiger partial charge in [0.15, 0.2) is 0 Å². The minimum absolute atomic E-state index is 0.467. The molecule has 0 saturated heterocycles. The van der Waals surface area contributed by atoms with Gasteiger partial charge in [-0.3, -0.25) is 0 Å².